The number of fused-ring (bicyclic) bond motifs is 2. The lowest BCUT2D eigenvalue weighted by atomic mass is 9.95. The molecule has 10 heteroatoms. The third kappa shape index (κ3) is 5.91. The Labute approximate surface area is 270 Å². The molecule has 0 radical (unpaired) electrons. The highest BCUT2D eigenvalue weighted by molar-refractivity contribution is 7.98. The normalized spacial score (nSPS) is 15.2. The number of rotatable bonds is 9. The van der Waals surface area contributed by atoms with Crippen molar-refractivity contribution in [3.8, 4) is 28.5 Å². The number of anilines is 1. The number of halogens is 2. The monoisotopic (exact) mass is 648 g/mol. The maximum atomic E-state index is 16.8. The number of pyridine rings is 1. The van der Waals surface area contributed by atoms with E-state index in [2.05, 4.69) is 74.8 Å². The van der Waals surface area contributed by atoms with Gasteiger partial charge < -0.3 is 14.4 Å². The lowest BCUT2D eigenvalue weighted by Gasteiger charge is -2.40. The molecule has 1 atom stereocenters. The largest absolute Gasteiger partial charge is 0.468 e. The Morgan fingerprint density at radius 3 is 2.36 bits per heavy atom. The highest BCUT2D eigenvalue weighted by atomic mass is 32.2. The summed E-state index contributed by atoms with van der Waals surface area (Å²) < 4.78 is 43.8. The fourth-order valence-corrected chi connectivity index (χ4v) is 12.4. The van der Waals surface area contributed by atoms with E-state index < -0.39 is 19.7 Å². The molecule has 238 valence electrons. The van der Waals surface area contributed by atoms with Gasteiger partial charge in [-0.05, 0) is 59.8 Å². The van der Waals surface area contributed by atoms with E-state index in [1.54, 1.807) is 18.3 Å². The minimum Gasteiger partial charge on any atom is -0.468 e. The Morgan fingerprint density at radius 2 is 1.78 bits per heavy atom. The molecule has 4 aromatic rings. The van der Waals surface area contributed by atoms with Crippen LogP contribution in [0.4, 0.5) is 14.6 Å². The molecule has 1 unspecified atom stereocenters. The van der Waals surface area contributed by atoms with Gasteiger partial charge in [-0.3, -0.25) is 0 Å². The topological polar surface area (TPSA) is 60.4 Å². The molecule has 6 nitrogen and oxygen atoms in total. The van der Waals surface area contributed by atoms with Crippen LogP contribution in [-0.4, -0.2) is 55.8 Å². The minimum absolute atomic E-state index is 0.00142. The number of nitrogens with zero attached hydrogens (tertiary/aromatic N) is 4. The lowest BCUT2D eigenvalue weighted by molar-refractivity contribution is 0.0512. The summed E-state index contributed by atoms with van der Waals surface area (Å²) in [5.74, 6) is 3.35. The molecule has 0 amide bonds. The number of ether oxygens (including phenoxy) is 2. The van der Waals surface area contributed by atoms with Crippen molar-refractivity contribution in [2.45, 2.75) is 82.7 Å². The Bertz CT molecular complexity index is 1780. The van der Waals surface area contributed by atoms with Crippen LogP contribution < -0.4 is 9.64 Å². The first-order chi connectivity index (χ1) is 21.4. The fourth-order valence-electron chi connectivity index (χ4n) is 6.89. The van der Waals surface area contributed by atoms with Crippen LogP contribution in [0.15, 0.2) is 35.6 Å². The fraction of sp³-hybridized carbons (Fsp3) is 0.457. The molecule has 45 heavy (non-hydrogen) atoms. The van der Waals surface area contributed by atoms with Gasteiger partial charge in [0.15, 0.2) is 17.8 Å². The molecule has 1 fully saturated rings. The van der Waals surface area contributed by atoms with Crippen molar-refractivity contribution in [2.24, 2.45) is 0 Å². The standard InChI is InChI=1S/C35H42F2N4O2SSi/c1-20(2)45(21(3)4,22(5)6)15-13-26-29(36)11-10-24-16-25(43-19-42-8)17-27(30(24)26)32-31(37)33-28(18-38-35(40-33)44-9)34(39-32)41-14-12-23(41)7/h10-11,16-18,20-23H,12,14,19H2,1-9H3. The van der Waals surface area contributed by atoms with Gasteiger partial charge >= 0.3 is 0 Å². The van der Waals surface area contributed by atoms with Gasteiger partial charge in [0.05, 0.1) is 10.9 Å². The first-order valence-electron chi connectivity index (χ1n) is 15.5. The van der Waals surface area contributed by atoms with Gasteiger partial charge in [0.25, 0.3) is 0 Å². The molecular formula is C35H42F2N4O2SSi. The van der Waals surface area contributed by atoms with Crippen LogP contribution in [-0.2, 0) is 4.74 Å². The average Bonchev–Trinajstić information content (AvgIpc) is 3.00. The molecule has 3 heterocycles. The van der Waals surface area contributed by atoms with E-state index in [0.717, 1.165) is 13.0 Å². The van der Waals surface area contributed by atoms with Crippen LogP contribution in [0.2, 0.25) is 16.6 Å². The zero-order valence-corrected chi connectivity index (χ0v) is 29.4. The third-order valence-electron chi connectivity index (χ3n) is 9.32. The number of thioether (sulfide) groups is 1. The van der Waals surface area contributed by atoms with Gasteiger partial charge in [-0.15, -0.1) is 5.54 Å². The van der Waals surface area contributed by atoms with E-state index in [9.17, 15) is 0 Å². The molecule has 0 aliphatic carbocycles. The molecule has 5 rings (SSSR count). The zero-order chi connectivity index (χ0) is 32.6. The van der Waals surface area contributed by atoms with Crippen molar-refractivity contribution in [1.29, 1.82) is 0 Å². The number of aromatic nitrogens is 3. The summed E-state index contributed by atoms with van der Waals surface area (Å²) in [5.41, 5.74) is 5.65. The van der Waals surface area contributed by atoms with Crippen molar-refractivity contribution in [3.63, 3.8) is 0 Å². The predicted molar refractivity (Wildman–Crippen MR) is 184 cm³/mol. The second kappa shape index (κ2) is 13.2. The van der Waals surface area contributed by atoms with Crippen molar-refractivity contribution >= 4 is 47.3 Å². The van der Waals surface area contributed by atoms with Crippen LogP contribution >= 0.6 is 11.8 Å². The number of hydrogen-bond acceptors (Lipinski definition) is 7. The second-order valence-corrected chi connectivity index (χ2v) is 19.1. The Kier molecular flexibility index (Phi) is 9.73. The summed E-state index contributed by atoms with van der Waals surface area (Å²) in [6.07, 6.45) is 4.50. The molecule has 1 aliphatic rings. The molecule has 0 bridgehead atoms. The summed E-state index contributed by atoms with van der Waals surface area (Å²) >= 11 is 1.34. The number of benzene rings is 2. The van der Waals surface area contributed by atoms with Gasteiger partial charge in [0.1, 0.15) is 36.7 Å². The van der Waals surface area contributed by atoms with E-state index in [1.807, 2.05) is 12.3 Å². The van der Waals surface area contributed by atoms with Crippen molar-refractivity contribution in [1.82, 2.24) is 15.0 Å². The molecule has 0 N–H and O–H groups in total. The average molecular weight is 649 g/mol. The zero-order valence-electron chi connectivity index (χ0n) is 27.6. The molecule has 1 saturated heterocycles. The summed E-state index contributed by atoms with van der Waals surface area (Å²) in [5, 5.41) is 2.17. The first kappa shape index (κ1) is 33.1. The Balaban J connectivity index is 1.89. The molecule has 1 aliphatic heterocycles. The van der Waals surface area contributed by atoms with Gasteiger partial charge in [0, 0.05) is 36.8 Å². The highest BCUT2D eigenvalue weighted by Crippen LogP contribution is 2.43. The van der Waals surface area contributed by atoms with Gasteiger partial charge in [0.2, 0.25) is 0 Å². The third-order valence-corrected chi connectivity index (χ3v) is 16.2. The van der Waals surface area contributed by atoms with E-state index in [1.165, 1.54) is 24.9 Å². The van der Waals surface area contributed by atoms with E-state index in [0.29, 0.717) is 55.1 Å². The van der Waals surface area contributed by atoms with Crippen molar-refractivity contribution in [3.05, 3.63) is 47.7 Å². The molecular weight excluding hydrogens is 607 g/mol. The summed E-state index contributed by atoms with van der Waals surface area (Å²) in [7, 11) is -0.682. The van der Waals surface area contributed by atoms with Gasteiger partial charge in [-0.2, -0.15) is 0 Å². The Morgan fingerprint density at radius 1 is 1.07 bits per heavy atom. The molecule has 2 aromatic carbocycles. The van der Waals surface area contributed by atoms with E-state index in [4.69, 9.17) is 14.5 Å². The highest BCUT2D eigenvalue weighted by Gasteiger charge is 2.42. The number of hydrogen-bond donors (Lipinski definition) is 0. The van der Waals surface area contributed by atoms with Gasteiger partial charge in [-0.25, -0.2) is 23.7 Å². The summed E-state index contributed by atoms with van der Waals surface area (Å²) in [4.78, 5) is 16.1. The smallest absolute Gasteiger partial charge is 0.188 e. The maximum absolute atomic E-state index is 16.8. The van der Waals surface area contributed by atoms with Crippen molar-refractivity contribution in [2.75, 3.05) is 31.6 Å². The van der Waals surface area contributed by atoms with Crippen LogP contribution in [0.1, 0.15) is 60.5 Å². The number of methoxy groups -OCH3 is 1. The molecule has 0 spiro atoms. The minimum atomic E-state index is -2.22. The Hall–Kier alpha value is -3.26. The SMILES string of the molecule is COCOc1cc(-c2nc(N3CCC3C)c3cnc(SC)nc3c2F)c2c(C#C[Si](C(C)C)(C(C)C)C(C)C)c(F)ccc2c1. The lowest BCUT2D eigenvalue weighted by Crippen LogP contribution is -2.46. The van der Waals surface area contributed by atoms with E-state index in [-0.39, 0.29) is 29.6 Å². The van der Waals surface area contributed by atoms with Crippen LogP contribution in [0.3, 0.4) is 0 Å². The van der Waals surface area contributed by atoms with Crippen LogP contribution in [0.5, 0.6) is 5.75 Å². The quantitative estimate of drug-likeness (QED) is 0.0590. The van der Waals surface area contributed by atoms with Crippen LogP contribution in [0.25, 0.3) is 32.9 Å². The summed E-state index contributed by atoms with van der Waals surface area (Å²) in [6, 6.07) is 6.86. The van der Waals surface area contributed by atoms with Crippen molar-refractivity contribution < 1.29 is 18.3 Å². The molecule has 2 aromatic heterocycles. The first-order valence-corrected chi connectivity index (χ1v) is 19.0. The van der Waals surface area contributed by atoms with E-state index >= 15 is 8.78 Å². The van der Waals surface area contributed by atoms with Crippen LogP contribution in [0, 0.1) is 23.1 Å². The molecule has 0 saturated carbocycles. The summed E-state index contributed by atoms with van der Waals surface area (Å²) in [6.45, 7) is 16.2. The maximum Gasteiger partial charge on any atom is 0.188 e. The van der Waals surface area contributed by atoms with Gasteiger partial charge in [-0.1, -0.05) is 65.3 Å². The second-order valence-electron chi connectivity index (χ2n) is 12.7. The predicted octanol–water partition coefficient (Wildman–Crippen LogP) is 9.00.